The number of rotatable bonds is 0. The standard InChI is InChI=1S/C13H6ClN3S/c14-7-5-6-15-10-11-13(18-12(7)10)17-9-4-2-1-3-8(9)16-11/h1-6H. The largest absolute Gasteiger partial charge is 0.253 e. The summed E-state index contributed by atoms with van der Waals surface area (Å²) in [4.78, 5) is 14.5. The molecule has 0 amide bonds. The van der Waals surface area contributed by atoms with Crippen molar-refractivity contribution in [1.29, 1.82) is 0 Å². The van der Waals surface area contributed by atoms with E-state index in [0.717, 1.165) is 31.6 Å². The highest BCUT2D eigenvalue weighted by molar-refractivity contribution is 7.25. The maximum absolute atomic E-state index is 6.18. The number of pyridine rings is 1. The highest BCUT2D eigenvalue weighted by atomic mass is 35.5. The van der Waals surface area contributed by atoms with Gasteiger partial charge in [0.2, 0.25) is 0 Å². The number of thiophene rings is 1. The summed E-state index contributed by atoms with van der Waals surface area (Å²) in [6.45, 7) is 0. The zero-order valence-electron chi connectivity index (χ0n) is 9.09. The topological polar surface area (TPSA) is 38.7 Å². The Labute approximate surface area is 111 Å². The molecule has 0 N–H and O–H groups in total. The van der Waals surface area contributed by atoms with Crippen LogP contribution in [0.3, 0.4) is 0 Å². The van der Waals surface area contributed by atoms with Crippen molar-refractivity contribution in [3.05, 3.63) is 41.6 Å². The van der Waals surface area contributed by atoms with E-state index < -0.39 is 0 Å². The number of hydrogen-bond donors (Lipinski definition) is 0. The van der Waals surface area contributed by atoms with E-state index in [-0.39, 0.29) is 0 Å². The third-order valence-electron chi connectivity index (χ3n) is 2.82. The summed E-state index contributed by atoms with van der Waals surface area (Å²) in [6.07, 6.45) is 1.70. The lowest BCUT2D eigenvalue weighted by Gasteiger charge is -1.95. The number of fused-ring (bicyclic) bond motifs is 4. The van der Waals surface area contributed by atoms with Gasteiger partial charge < -0.3 is 0 Å². The fourth-order valence-electron chi connectivity index (χ4n) is 2.00. The molecule has 4 aromatic rings. The smallest absolute Gasteiger partial charge is 0.145 e. The van der Waals surface area contributed by atoms with Crippen molar-refractivity contribution >= 4 is 54.5 Å². The summed E-state index contributed by atoms with van der Waals surface area (Å²) in [6, 6.07) is 9.62. The van der Waals surface area contributed by atoms with Crippen LogP contribution in [0.2, 0.25) is 5.02 Å². The Balaban J connectivity index is 2.27. The predicted molar refractivity (Wildman–Crippen MR) is 75.2 cm³/mol. The Bertz CT molecular complexity index is 901. The maximum Gasteiger partial charge on any atom is 0.145 e. The van der Waals surface area contributed by atoms with Crippen molar-refractivity contribution < 1.29 is 0 Å². The second kappa shape index (κ2) is 3.60. The average molecular weight is 272 g/mol. The molecule has 0 aliphatic rings. The highest BCUT2D eigenvalue weighted by Gasteiger charge is 2.12. The van der Waals surface area contributed by atoms with Crippen LogP contribution in [-0.4, -0.2) is 15.0 Å². The molecule has 0 spiro atoms. The number of benzene rings is 1. The van der Waals surface area contributed by atoms with Crippen LogP contribution in [0.15, 0.2) is 36.5 Å². The van der Waals surface area contributed by atoms with E-state index >= 15 is 0 Å². The summed E-state index contributed by atoms with van der Waals surface area (Å²) in [5.74, 6) is 0. The molecule has 0 saturated heterocycles. The zero-order valence-corrected chi connectivity index (χ0v) is 10.7. The molecule has 4 rings (SSSR count). The average Bonchev–Trinajstić information content (AvgIpc) is 2.76. The number of nitrogens with zero attached hydrogens (tertiary/aromatic N) is 3. The van der Waals surface area contributed by atoms with Crippen LogP contribution in [0.4, 0.5) is 0 Å². The van der Waals surface area contributed by atoms with Crippen molar-refractivity contribution in [2.24, 2.45) is 0 Å². The van der Waals surface area contributed by atoms with Crippen LogP contribution in [0.1, 0.15) is 0 Å². The molecular formula is C13H6ClN3S. The summed E-state index contributed by atoms with van der Waals surface area (Å²) in [5, 5.41) is 0.703. The van der Waals surface area contributed by atoms with E-state index in [0.29, 0.717) is 5.02 Å². The fourth-order valence-corrected chi connectivity index (χ4v) is 3.25. The third kappa shape index (κ3) is 1.33. The Hall–Kier alpha value is -1.78. The molecule has 0 atom stereocenters. The molecule has 0 bridgehead atoms. The molecular weight excluding hydrogens is 266 g/mol. The molecule has 0 saturated carbocycles. The summed E-state index contributed by atoms with van der Waals surface area (Å²) >= 11 is 7.71. The van der Waals surface area contributed by atoms with Gasteiger partial charge in [-0.3, -0.25) is 4.98 Å². The van der Waals surface area contributed by atoms with Crippen molar-refractivity contribution in [3.63, 3.8) is 0 Å². The van der Waals surface area contributed by atoms with Crippen molar-refractivity contribution in [2.75, 3.05) is 0 Å². The zero-order chi connectivity index (χ0) is 12.1. The molecule has 18 heavy (non-hydrogen) atoms. The Morgan fingerprint density at radius 3 is 2.56 bits per heavy atom. The van der Waals surface area contributed by atoms with Crippen LogP contribution < -0.4 is 0 Å². The quantitative estimate of drug-likeness (QED) is 0.484. The lowest BCUT2D eigenvalue weighted by atomic mass is 10.3. The lowest BCUT2D eigenvalue weighted by Crippen LogP contribution is -1.84. The van der Waals surface area contributed by atoms with Crippen molar-refractivity contribution in [2.45, 2.75) is 0 Å². The lowest BCUT2D eigenvalue weighted by molar-refractivity contribution is 1.39. The van der Waals surface area contributed by atoms with Gasteiger partial charge in [-0.25, -0.2) is 9.97 Å². The van der Waals surface area contributed by atoms with Crippen LogP contribution in [0, 0.1) is 0 Å². The number of para-hydroxylation sites is 2. The van der Waals surface area contributed by atoms with E-state index in [4.69, 9.17) is 11.6 Å². The number of aromatic nitrogens is 3. The molecule has 5 heteroatoms. The van der Waals surface area contributed by atoms with E-state index in [9.17, 15) is 0 Å². The van der Waals surface area contributed by atoms with Gasteiger partial charge in [-0.15, -0.1) is 11.3 Å². The van der Waals surface area contributed by atoms with Gasteiger partial charge in [0, 0.05) is 6.20 Å². The summed E-state index contributed by atoms with van der Waals surface area (Å²) < 4.78 is 0.949. The van der Waals surface area contributed by atoms with E-state index in [1.54, 1.807) is 12.3 Å². The summed E-state index contributed by atoms with van der Waals surface area (Å²) in [5.41, 5.74) is 3.44. The Morgan fingerprint density at radius 1 is 0.944 bits per heavy atom. The molecule has 0 unspecified atom stereocenters. The van der Waals surface area contributed by atoms with Crippen molar-refractivity contribution in [3.8, 4) is 0 Å². The van der Waals surface area contributed by atoms with Gasteiger partial charge in [0.25, 0.3) is 0 Å². The van der Waals surface area contributed by atoms with Gasteiger partial charge in [0.05, 0.1) is 20.8 Å². The van der Waals surface area contributed by atoms with Gasteiger partial charge in [-0.2, -0.15) is 0 Å². The molecule has 0 radical (unpaired) electrons. The second-order valence-corrected chi connectivity index (χ2v) is 5.34. The normalized spacial score (nSPS) is 11.6. The highest BCUT2D eigenvalue weighted by Crippen LogP contribution is 2.35. The molecule has 0 fully saturated rings. The SMILES string of the molecule is Clc1ccnc2c1sc1nc3ccccc3nc12. The van der Waals surface area contributed by atoms with Crippen LogP contribution >= 0.6 is 22.9 Å². The van der Waals surface area contributed by atoms with Crippen LogP contribution in [0.25, 0.3) is 31.6 Å². The maximum atomic E-state index is 6.18. The van der Waals surface area contributed by atoms with Gasteiger partial charge in [-0.1, -0.05) is 23.7 Å². The molecule has 86 valence electrons. The van der Waals surface area contributed by atoms with Crippen LogP contribution in [0.5, 0.6) is 0 Å². The third-order valence-corrected chi connectivity index (χ3v) is 4.34. The molecule has 3 aromatic heterocycles. The first-order valence-corrected chi connectivity index (χ1v) is 6.62. The monoisotopic (exact) mass is 271 g/mol. The predicted octanol–water partition coefficient (Wildman–Crippen LogP) is 4.05. The Kier molecular flexibility index (Phi) is 2.04. The number of hydrogen-bond acceptors (Lipinski definition) is 4. The summed E-state index contributed by atoms with van der Waals surface area (Å²) in [7, 11) is 0. The second-order valence-electron chi connectivity index (χ2n) is 3.94. The van der Waals surface area contributed by atoms with Gasteiger partial charge >= 0.3 is 0 Å². The molecule has 1 aromatic carbocycles. The minimum absolute atomic E-state index is 0.703. The minimum Gasteiger partial charge on any atom is -0.253 e. The first kappa shape index (κ1) is 10.2. The van der Waals surface area contributed by atoms with Crippen LogP contribution in [-0.2, 0) is 0 Å². The molecule has 0 aliphatic heterocycles. The first-order valence-electron chi connectivity index (χ1n) is 5.42. The Morgan fingerprint density at radius 2 is 1.72 bits per heavy atom. The van der Waals surface area contributed by atoms with Crippen molar-refractivity contribution in [1.82, 2.24) is 15.0 Å². The van der Waals surface area contributed by atoms with E-state index in [1.807, 2.05) is 24.3 Å². The van der Waals surface area contributed by atoms with Gasteiger partial charge in [-0.05, 0) is 18.2 Å². The van der Waals surface area contributed by atoms with Gasteiger partial charge in [0.1, 0.15) is 15.9 Å². The molecule has 3 heterocycles. The first-order chi connectivity index (χ1) is 8.83. The van der Waals surface area contributed by atoms with E-state index in [1.165, 1.54) is 11.3 Å². The number of halogens is 1. The van der Waals surface area contributed by atoms with Gasteiger partial charge in [0.15, 0.2) is 0 Å². The van der Waals surface area contributed by atoms with E-state index in [2.05, 4.69) is 15.0 Å². The minimum atomic E-state index is 0.703. The molecule has 3 nitrogen and oxygen atoms in total. The molecule has 0 aliphatic carbocycles. The fraction of sp³-hybridized carbons (Fsp3) is 0.